The molecule has 0 aliphatic rings. The molecule has 0 amide bonds. The number of hydrogen-bond donors (Lipinski definition) is 1. The summed E-state index contributed by atoms with van der Waals surface area (Å²) in [6.07, 6.45) is 5.63. The second-order valence-corrected chi connectivity index (χ2v) is 9.73. The van der Waals surface area contributed by atoms with Gasteiger partial charge in [0.2, 0.25) is 0 Å². The molecule has 2 heterocycles. The van der Waals surface area contributed by atoms with E-state index in [-0.39, 0.29) is 11.4 Å². The maximum Gasteiger partial charge on any atom is 0.333 e. The van der Waals surface area contributed by atoms with Crippen molar-refractivity contribution < 1.29 is 4.39 Å². The third-order valence-electron chi connectivity index (χ3n) is 6.41. The Morgan fingerprint density at radius 1 is 0.973 bits per heavy atom. The van der Waals surface area contributed by atoms with Crippen molar-refractivity contribution in [3.8, 4) is 28.2 Å². The zero-order valence-electron chi connectivity index (χ0n) is 20.4. The summed E-state index contributed by atoms with van der Waals surface area (Å²) in [5.74, 6) is 0.155. The predicted octanol–water partition coefficient (Wildman–Crippen LogP) is 6.17. The van der Waals surface area contributed by atoms with E-state index in [9.17, 15) is 9.18 Å². The quantitative estimate of drug-likeness (QED) is 0.218. The van der Waals surface area contributed by atoms with E-state index in [0.29, 0.717) is 16.8 Å². The SMILES string of the molecule is CCCCCc1cn(-c2c(F)cccc2Br)c(=O)n1Cc1ccc(-c2ccccc2-c2nnn[nH]2)cc1. The van der Waals surface area contributed by atoms with Crippen LogP contribution in [0.3, 0.4) is 0 Å². The number of hydrogen-bond acceptors (Lipinski definition) is 4. The average Bonchev–Trinajstić information content (AvgIpc) is 3.55. The Bertz CT molecular complexity index is 1540. The van der Waals surface area contributed by atoms with Crippen molar-refractivity contribution in [2.24, 2.45) is 0 Å². The van der Waals surface area contributed by atoms with Crippen LogP contribution >= 0.6 is 15.9 Å². The number of tetrazole rings is 1. The topological polar surface area (TPSA) is 81.4 Å². The Hall–Kier alpha value is -3.85. The highest BCUT2D eigenvalue weighted by atomic mass is 79.9. The fourth-order valence-electron chi connectivity index (χ4n) is 4.52. The summed E-state index contributed by atoms with van der Waals surface area (Å²) in [7, 11) is 0. The van der Waals surface area contributed by atoms with E-state index < -0.39 is 5.82 Å². The van der Waals surface area contributed by atoms with Gasteiger partial charge in [-0.05, 0) is 68.0 Å². The van der Waals surface area contributed by atoms with Crippen LogP contribution in [-0.2, 0) is 13.0 Å². The number of halogens is 2. The van der Waals surface area contributed by atoms with E-state index in [0.717, 1.165) is 53.6 Å². The Morgan fingerprint density at radius 3 is 2.46 bits per heavy atom. The van der Waals surface area contributed by atoms with Crippen LogP contribution in [0.25, 0.3) is 28.2 Å². The molecule has 37 heavy (non-hydrogen) atoms. The Labute approximate surface area is 222 Å². The van der Waals surface area contributed by atoms with Crippen LogP contribution in [-0.4, -0.2) is 29.8 Å². The fourth-order valence-corrected chi connectivity index (χ4v) is 5.05. The van der Waals surface area contributed by atoms with E-state index in [1.54, 1.807) is 22.9 Å². The number of imidazole rings is 1. The van der Waals surface area contributed by atoms with Gasteiger partial charge in [-0.15, -0.1) is 5.10 Å². The van der Waals surface area contributed by atoms with Gasteiger partial charge in [0.05, 0.1) is 6.54 Å². The number of para-hydroxylation sites is 1. The molecule has 0 spiro atoms. The molecule has 2 aromatic heterocycles. The van der Waals surface area contributed by atoms with Crippen molar-refractivity contribution in [2.45, 2.75) is 39.2 Å². The van der Waals surface area contributed by atoms with Crippen LogP contribution < -0.4 is 5.69 Å². The molecule has 3 aromatic carbocycles. The van der Waals surface area contributed by atoms with Crippen molar-refractivity contribution in [3.63, 3.8) is 0 Å². The zero-order valence-corrected chi connectivity index (χ0v) is 21.9. The van der Waals surface area contributed by atoms with Gasteiger partial charge in [0.25, 0.3) is 0 Å². The van der Waals surface area contributed by atoms with Gasteiger partial charge < -0.3 is 0 Å². The van der Waals surface area contributed by atoms with Crippen molar-refractivity contribution in [1.82, 2.24) is 29.8 Å². The summed E-state index contributed by atoms with van der Waals surface area (Å²) in [4.78, 5) is 13.5. The van der Waals surface area contributed by atoms with Crippen LogP contribution in [0, 0.1) is 5.82 Å². The molecule has 9 heteroatoms. The van der Waals surface area contributed by atoms with Crippen LogP contribution in [0.2, 0.25) is 0 Å². The molecule has 0 radical (unpaired) electrons. The summed E-state index contributed by atoms with van der Waals surface area (Å²) in [6, 6.07) is 20.7. The van der Waals surface area contributed by atoms with Crippen molar-refractivity contribution in [1.29, 1.82) is 0 Å². The lowest BCUT2D eigenvalue weighted by molar-refractivity contribution is 0.611. The van der Waals surface area contributed by atoms with Gasteiger partial charge >= 0.3 is 5.69 Å². The fraction of sp³-hybridized carbons (Fsp3) is 0.214. The number of nitrogens with zero attached hydrogens (tertiary/aromatic N) is 5. The molecule has 0 saturated carbocycles. The number of H-pyrrole nitrogens is 1. The highest BCUT2D eigenvalue weighted by Crippen LogP contribution is 2.30. The number of rotatable bonds is 9. The molecule has 1 N–H and O–H groups in total. The minimum absolute atomic E-state index is 0.233. The molecule has 0 saturated heterocycles. The highest BCUT2D eigenvalue weighted by molar-refractivity contribution is 9.10. The second kappa shape index (κ2) is 11.0. The van der Waals surface area contributed by atoms with Gasteiger partial charge in [0.1, 0.15) is 11.5 Å². The number of unbranched alkanes of at least 4 members (excludes halogenated alkanes) is 2. The minimum Gasteiger partial charge on any atom is -0.292 e. The van der Waals surface area contributed by atoms with E-state index >= 15 is 0 Å². The van der Waals surface area contributed by atoms with E-state index in [2.05, 4.69) is 43.5 Å². The molecular formula is C28H26BrFN6O. The number of nitrogens with one attached hydrogen (secondary N) is 1. The third kappa shape index (κ3) is 5.17. The first-order valence-electron chi connectivity index (χ1n) is 12.2. The molecule has 0 unspecified atom stereocenters. The van der Waals surface area contributed by atoms with Gasteiger partial charge in [-0.25, -0.2) is 14.3 Å². The maximum absolute atomic E-state index is 14.7. The summed E-state index contributed by atoms with van der Waals surface area (Å²) in [5, 5.41) is 14.3. The van der Waals surface area contributed by atoms with Crippen LogP contribution in [0.1, 0.15) is 37.4 Å². The van der Waals surface area contributed by atoms with Crippen LogP contribution in [0.4, 0.5) is 4.39 Å². The molecular weight excluding hydrogens is 535 g/mol. The van der Waals surface area contributed by atoms with Crippen molar-refractivity contribution in [2.75, 3.05) is 0 Å². The van der Waals surface area contributed by atoms with E-state index in [1.165, 1.54) is 10.6 Å². The summed E-state index contributed by atoms with van der Waals surface area (Å²) >= 11 is 3.41. The first kappa shape index (κ1) is 24.8. The van der Waals surface area contributed by atoms with Crippen LogP contribution in [0.5, 0.6) is 0 Å². The predicted molar refractivity (Wildman–Crippen MR) is 145 cm³/mol. The average molecular weight is 561 g/mol. The van der Waals surface area contributed by atoms with E-state index in [1.807, 2.05) is 48.5 Å². The standard InChI is InChI=1S/C28H26BrFN6O/c1-2-3-4-8-21-18-36(26-24(29)11-7-12-25(26)30)28(37)35(21)17-19-13-15-20(16-14-19)22-9-5-6-10-23(22)27-31-33-34-32-27/h5-7,9-16,18H,2-4,8,17H2,1H3,(H,31,32,33,34). The lowest BCUT2D eigenvalue weighted by atomic mass is 9.98. The van der Waals surface area contributed by atoms with Gasteiger partial charge in [-0.1, -0.05) is 74.4 Å². The summed E-state index contributed by atoms with van der Waals surface area (Å²) < 4.78 is 18.4. The second-order valence-electron chi connectivity index (χ2n) is 8.88. The van der Waals surface area contributed by atoms with Crippen LogP contribution in [0.15, 0.2) is 82.2 Å². The highest BCUT2D eigenvalue weighted by Gasteiger charge is 2.18. The monoisotopic (exact) mass is 560 g/mol. The Morgan fingerprint density at radius 2 is 1.76 bits per heavy atom. The number of aromatic amines is 1. The van der Waals surface area contributed by atoms with Crippen molar-refractivity contribution >= 4 is 15.9 Å². The first-order valence-corrected chi connectivity index (χ1v) is 13.0. The van der Waals surface area contributed by atoms with Gasteiger partial charge in [0, 0.05) is 21.9 Å². The minimum atomic E-state index is -0.446. The summed E-state index contributed by atoms with van der Waals surface area (Å²) in [6.45, 7) is 2.54. The molecule has 0 bridgehead atoms. The molecule has 0 fully saturated rings. The molecule has 7 nitrogen and oxygen atoms in total. The third-order valence-corrected chi connectivity index (χ3v) is 7.05. The molecule has 5 rings (SSSR count). The lowest BCUT2D eigenvalue weighted by Crippen LogP contribution is -2.25. The molecule has 0 aliphatic heterocycles. The first-order chi connectivity index (χ1) is 18.1. The summed E-state index contributed by atoms with van der Waals surface area (Å²) in [5.41, 5.74) is 4.76. The lowest BCUT2D eigenvalue weighted by Gasteiger charge is -2.10. The molecule has 0 atom stereocenters. The maximum atomic E-state index is 14.7. The largest absolute Gasteiger partial charge is 0.333 e. The normalized spacial score (nSPS) is 11.2. The molecule has 0 aliphatic carbocycles. The number of aryl methyl sites for hydroxylation is 1. The molecule has 5 aromatic rings. The molecule has 188 valence electrons. The number of aromatic nitrogens is 6. The Balaban J connectivity index is 1.48. The van der Waals surface area contributed by atoms with E-state index in [4.69, 9.17) is 0 Å². The van der Waals surface area contributed by atoms with Gasteiger partial charge in [0.15, 0.2) is 5.82 Å². The zero-order chi connectivity index (χ0) is 25.8. The van der Waals surface area contributed by atoms with Gasteiger partial charge in [-0.2, -0.15) is 0 Å². The smallest absolute Gasteiger partial charge is 0.292 e. The number of benzene rings is 3. The van der Waals surface area contributed by atoms with Gasteiger partial charge in [-0.3, -0.25) is 9.13 Å². The van der Waals surface area contributed by atoms with Crippen molar-refractivity contribution in [3.05, 3.63) is 105 Å². The Kier molecular flexibility index (Phi) is 7.41.